The van der Waals surface area contributed by atoms with Gasteiger partial charge < -0.3 is 19.7 Å². The Labute approximate surface area is 202 Å². The van der Waals surface area contributed by atoms with Crippen molar-refractivity contribution in [3.8, 4) is 11.5 Å². The van der Waals surface area contributed by atoms with Gasteiger partial charge in [0.1, 0.15) is 18.1 Å². The lowest BCUT2D eigenvalue weighted by Gasteiger charge is -2.19. The molecule has 0 radical (unpaired) electrons. The van der Waals surface area contributed by atoms with Crippen LogP contribution in [0.5, 0.6) is 11.5 Å². The number of benzene rings is 2. The predicted molar refractivity (Wildman–Crippen MR) is 135 cm³/mol. The van der Waals surface area contributed by atoms with Crippen molar-refractivity contribution in [2.75, 3.05) is 54.0 Å². The lowest BCUT2D eigenvalue weighted by Crippen LogP contribution is -2.30. The van der Waals surface area contributed by atoms with E-state index in [-0.39, 0.29) is 5.91 Å². The summed E-state index contributed by atoms with van der Waals surface area (Å²) in [5.74, 6) is 1.80. The molecule has 7 heteroatoms. The number of hydrogen-bond acceptors (Lipinski definition) is 6. The summed E-state index contributed by atoms with van der Waals surface area (Å²) in [6.07, 6.45) is 2.59. The van der Waals surface area contributed by atoms with Crippen molar-refractivity contribution in [1.29, 1.82) is 0 Å². The number of rotatable bonds is 10. The van der Waals surface area contributed by atoms with Gasteiger partial charge in [0.2, 0.25) is 5.91 Å². The van der Waals surface area contributed by atoms with E-state index in [1.807, 2.05) is 25.2 Å². The van der Waals surface area contributed by atoms with Crippen LogP contribution < -0.4 is 14.8 Å². The summed E-state index contributed by atoms with van der Waals surface area (Å²) < 4.78 is 13.3. The average Bonchev–Trinajstić information content (AvgIpc) is 2.98. The molecule has 1 amide bonds. The molecule has 2 aromatic carbocycles. The molecule has 3 rings (SSSR count). The number of amides is 1. The Morgan fingerprint density at radius 3 is 2.48 bits per heavy atom. The number of nitrogens with zero attached hydrogens (tertiary/aromatic N) is 2. The minimum absolute atomic E-state index is 0.0409. The average molecular weight is 472 g/mol. The van der Waals surface area contributed by atoms with Gasteiger partial charge in [-0.2, -0.15) is 0 Å². The summed E-state index contributed by atoms with van der Waals surface area (Å²) in [5.41, 5.74) is 5.15. The number of likely N-dealkylation sites (N-methyl/N-ethyl adjacent to an activating group) is 1. The van der Waals surface area contributed by atoms with Gasteiger partial charge in [0.15, 0.2) is 0 Å². The molecule has 180 valence electrons. The molecule has 1 heterocycles. The molecule has 2 aromatic rings. The molecule has 0 unspecified atom stereocenters. The van der Waals surface area contributed by atoms with Crippen LogP contribution in [0.2, 0.25) is 0 Å². The summed E-state index contributed by atoms with van der Waals surface area (Å²) in [4.78, 5) is 15.8. The molecule has 0 fully saturated rings. The Morgan fingerprint density at radius 2 is 1.79 bits per heavy atom. The molecule has 1 aliphatic rings. The third kappa shape index (κ3) is 7.66. The number of fused-ring (bicyclic) bond motifs is 1. The molecule has 0 aromatic heterocycles. The van der Waals surface area contributed by atoms with Crippen LogP contribution in [-0.4, -0.2) is 69.1 Å². The van der Waals surface area contributed by atoms with Crippen LogP contribution in [0.25, 0.3) is 0 Å². The topological polar surface area (TPSA) is 54.0 Å². The highest BCUT2D eigenvalue weighted by molar-refractivity contribution is 7.97. The number of ether oxygens (including phenoxy) is 2. The van der Waals surface area contributed by atoms with Crippen LogP contribution in [0.4, 0.5) is 0 Å². The van der Waals surface area contributed by atoms with Crippen molar-refractivity contribution < 1.29 is 14.3 Å². The number of hydrogen-bond donors (Lipinski definition) is 1. The highest BCUT2D eigenvalue weighted by Gasteiger charge is 2.13. The smallest absolute Gasteiger partial charge is 0.221 e. The third-order valence-corrected chi connectivity index (χ3v) is 7.29. The van der Waals surface area contributed by atoms with Gasteiger partial charge in [-0.05, 0) is 99.3 Å². The van der Waals surface area contributed by atoms with Crippen LogP contribution in [0, 0.1) is 13.8 Å². The molecule has 1 aliphatic heterocycles. The van der Waals surface area contributed by atoms with Crippen LogP contribution in [0.1, 0.15) is 28.7 Å². The monoisotopic (exact) mass is 471 g/mol. The molecule has 0 aliphatic carbocycles. The first-order chi connectivity index (χ1) is 15.9. The first kappa shape index (κ1) is 25.4. The molecule has 0 saturated carbocycles. The minimum Gasteiger partial charge on any atom is -0.497 e. The van der Waals surface area contributed by atoms with Crippen LogP contribution in [0.3, 0.4) is 0 Å². The van der Waals surface area contributed by atoms with E-state index < -0.39 is 0 Å². The number of nitrogens with one attached hydrogen (secondary N) is 1. The predicted octanol–water partition coefficient (Wildman–Crippen LogP) is 3.87. The van der Waals surface area contributed by atoms with Gasteiger partial charge in [-0.15, -0.1) is 0 Å². The molecular formula is C26H37N3O3S. The SMILES string of the molecule is COc1cc(C)c(SN(C)CCC(=O)NCCOc2ccc3c(c2)CCN(C)CC3)c(C)c1. The van der Waals surface area contributed by atoms with Crippen molar-refractivity contribution in [2.45, 2.75) is 38.0 Å². The largest absolute Gasteiger partial charge is 0.497 e. The van der Waals surface area contributed by atoms with Crippen LogP contribution in [0.15, 0.2) is 35.2 Å². The van der Waals surface area contributed by atoms with E-state index in [9.17, 15) is 4.79 Å². The normalized spacial score (nSPS) is 14.0. The molecule has 0 saturated heterocycles. The standard InChI is InChI=1S/C26H37N3O3S/c1-19-16-24(31-5)17-20(2)26(19)33-29(4)14-10-25(30)27-11-15-32-23-7-6-21-8-12-28(3)13-9-22(21)18-23/h6-7,16-18H,8-15H2,1-5H3,(H,27,30). The Kier molecular flexibility index (Phi) is 9.47. The highest BCUT2D eigenvalue weighted by atomic mass is 32.2. The summed E-state index contributed by atoms with van der Waals surface area (Å²) in [6, 6.07) is 10.5. The molecule has 33 heavy (non-hydrogen) atoms. The fourth-order valence-electron chi connectivity index (χ4n) is 3.98. The van der Waals surface area contributed by atoms with Crippen molar-refractivity contribution >= 4 is 17.9 Å². The maximum atomic E-state index is 12.3. The van der Waals surface area contributed by atoms with E-state index in [0.717, 1.165) is 37.4 Å². The first-order valence-corrected chi connectivity index (χ1v) is 12.4. The fourth-order valence-corrected chi connectivity index (χ4v) is 4.88. The van der Waals surface area contributed by atoms with Gasteiger partial charge in [-0.25, -0.2) is 4.31 Å². The quantitative estimate of drug-likeness (QED) is 0.419. The Bertz CT molecular complexity index is 927. The molecule has 0 spiro atoms. The number of carbonyl (C=O) groups excluding carboxylic acids is 1. The summed E-state index contributed by atoms with van der Waals surface area (Å²) in [5, 5.41) is 2.97. The number of carbonyl (C=O) groups is 1. The van der Waals surface area contributed by atoms with Gasteiger partial charge in [0.05, 0.1) is 13.7 Å². The molecule has 0 bridgehead atoms. The Balaban J connectivity index is 1.36. The van der Waals surface area contributed by atoms with Gasteiger partial charge in [0, 0.05) is 31.0 Å². The lowest BCUT2D eigenvalue weighted by molar-refractivity contribution is -0.121. The van der Waals surface area contributed by atoms with Crippen molar-refractivity contribution in [3.05, 3.63) is 52.6 Å². The van der Waals surface area contributed by atoms with Crippen LogP contribution >= 0.6 is 11.9 Å². The fraction of sp³-hybridized carbons (Fsp3) is 0.500. The van der Waals surface area contributed by atoms with Crippen LogP contribution in [-0.2, 0) is 17.6 Å². The first-order valence-electron chi connectivity index (χ1n) is 11.6. The maximum absolute atomic E-state index is 12.3. The summed E-state index contributed by atoms with van der Waals surface area (Å²) in [7, 11) is 5.87. The van der Waals surface area contributed by atoms with E-state index in [1.54, 1.807) is 19.1 Å². The second-order valence-electron chi connectivity index (χ2n) is 8.72. The zero-order valence-electron chi connectivity index (χ0n) is 20.6. The van der Waals surface area contributed by atoms with E-state index >= 15 is 0 Å². The third-order valence-electron chi connectivity index (χ3n) is 5.97. The van der Waals surface area contributed by atoms with E-state index in [4.69, 9.17) is 9.47 Å². The number of methoxy groups -OCH3 is 1. The van der Waals surface area contributed by atoms with Crippen molar-refractivity contribution in [3.63, 3.8) is 0 Å². The zero-order chi connectivity index (χ0) is 23.8. The maximum Gasteiger partial charge on any atom is 0.221 e. The van der Waals surface area contributed by atoms with Gasteiger partial charge >= 0.3 is 0 Å². The van der Waals surface area contributed by atoms with E-state index in [1.165, 1.54) is 27.1 Å². The van der Waals surface area contributed by atoms with Crippen molar-refractivity contribution in [2.24, 2.45) is 0 Å². The lowest BCUT2D eigenvalue weighted by atomic mass is 10.0. The van der Waals surface area contributed by atoms with Gasteiger partial charge in [0.25, 0.3) is 0 Å². The van der Waals surface area contributed by atoms with Gasteiger partial charge in [-0.1, -0.05) is 6.07 Å². The second kappa shape index (κ2) is 12.3. The minimum atomic E-state index is 0.0409. The summed E-state index contributed by atoms with van der Waals surface area (Å²) in [6.45, 7) is 8.00. The molecule has 1 N–H and O–H groups in total. The summed E-state index contributed by atoms with van der Waals surface area (Å²) >= 11 is 1.67. The molecule has 0 atom stereocenters. The zero-order valence-corrected chi connectivity index (χ0v) is 21.4. The van der Waals surface area contributed by atoms with E-state index in [0.29, 0.717) is 26.1 Å². The second-order valence-corrected chi connectivity index (χ2v) is 9.93. The Morgan fingerprint density at radius 1 is 1.09 bits per heavy atom. The number of aryl methyl sites for hydroxylation is 2. The van der Waals surface area contributed by atoms with E-state index in [2.05, 4.69) is 47.5 Å². The molecular weight excluding hydrogens is 434 g/mol. The van der Waals surface area contributed by atoms with Crippen molar-refractivity contribution in [1.82, 2.24) is 14.5 Å². The highest BCUT2D eigenvalue weighted by Crippen LogP contribution is 2.31. The van der Waals surface area contributed by atoms with Gasteiger partial charge in [-0.3, -0.25) is 4.79 Å². The Hall–Kier alpha value is -2.22. The molecule has 6 nitrogen and oxygen atoms in total.